The van der Waals surface area contributed by atoms with Crippen LogP contribution in [-0.4, -0.2) is 42.4 Å². The molecule has 0 aliphatic carbocycles. The van der Waals surface area contributed by atoms with E-state index in [0.717, 1.165) is 5.56 Å². The van der Waals surface area contributed by atoms with E-state index in [-0.39, 0.29) is 18.1 Å². The van der Waals surface area contributed by atoms with E-state index in [1.165, 1.54) is 12.0 Å². The molecule has 1 aromatic carbocycles. The molecule has 0 N–H and O–H groups in total. The summed E-state index contributed by atoms with van der Waals surface area (Å²) in [4.78, 5) is 36.5. The minimum Gasteiger partial charge on any atom is -0.471 e. The number of benzene rings is 1. The molecule has 1 amide bonds. The van der Waals surface area contributed by atoms with Gasteiger partial charge >= 0.3 is 5.97 Å². The largest absolute Gasteiger partial charge is 0.471 e. The zero-order valence-electron chi connectivity index (χ0n) is 13.2. The molecule has 2 unspecified atom stereocenters. The van der Waals surface area contributed by atoms with E-state index in [2.05, 4.69) is 0 Å². The summed E-state index contributed by atoms with van der Waals surface area (Å²) in [7, 11) is 1.24. The van der Waals surface area contributed by atoms with E-state index in [4.69, 9.17) is 9.47 Å². The minimum absolute atomic E-state index is 0.185. The first-order valence-electron chi connectivity index (χ1n) is 7.61. The summed E-state index contributed by atoms with van der Waals surface area (Å²) in [5.41, 5.74) is 1.34. The monoisotopic (exact) mass is 327 g/mol. The van der Waals surface area contributed by atoms with Crippen LogP contribution in [0.3, 0.4) is 0 Å². The zero-order valence-corrected chi connectivity index (χ0v) is 13.2. The number of ether oxygens (including phenoxy) is 2. The van der Waals surface area contributed by atoms with Crippen LogP contribution < -0.4 is 0 Å². The lowest BCUT2D eigenvalue weighted by Gasteiger charge is -2.33. The molecule has 2 aliphatic rings. The van der Waals surface area contributed by atoms with Crippen LogP contribution in [0, 0.1) is 0 Å². The summed E-state index contributed by atoms with van der Waals surface area (Å²) in [5.74, 6) is -0.576. The molecule has 0 saturated carbocycles. The molecule has 2 heterocycles. The van der Waals surface area contributed by atoms with Gasteiger partial charge in [-0.1, -0.05) is 42.5 Å². The van der Waals surface area contributed by atoms with Crippen LogP contribution in [-0.2, 0) is 23.9 Å². The first-order valence-corrected chi connectivity index (χ1v) is 7.61. The molecule has 124 valence electrons. The second-order valence-electron chi connectivity index (χ2n) is 5.53. The maximum absolute atomic E-state index is 12.0. The van der Waals surface area contributed by atoms with Gasteiger partial charge in [-0.25, -0.2) is 4.79 Å². The molecule has 1 aromatic rings. The van der Waals surface area contributed by atoms with Crippen molar-refractivity contribution in [1.29, 1.82) is 0 Å². The van der Waals surface area contributed by atoms with E-state index in [1.54, 1.807) is 0 Å². The molecule has 2 fully saturated rings. The van der Waals surface area contributed by atoms with Crippen LogP contribution in [0.4, 0.5) is 0 Å². The third-order valence-electron chi connectivity index (χ3n) is 4.07. The van der Waals surface area contributed by atoms with Crippen molar-refractivity contribution in [3.63, 3.8) is 0 Å². The molecular weight excluding hydrogens is 310 g/mol. The van der Waals surface area contributed by atoms with Gasteiger partial charge in [-0.15, -0.1) is 0 Å². The number of amides is 1. The molecule has 0 radical (unpaired) electrons. The minimum atomic E-state index is -0.966. The van der Waals surface area contributed by atoms with Gasteiger partial charge < -0.3 is 9.47 Å². The lowest BCUT2D eigenvalue weighted by molar-refractivity contribution is -0.164. The van der Waals surface area contributed by atoms with E-state index >= 15 is 0 Å². The van der Waals surface area contributed by atoms with Crippen LogP contribution in [0.1, 0.15) is 18.4 Å². The Bertz CT molecular complexity index is 722. The van der Waals surface area contributed by atoms with Gasteiger partial charge in [0.15, 0.2) is 12.3 Å². The first kappa shape index (κ1) is 16.0. The highest BCUT2D eigenvalue weighted by atomic mass is 16.6. The Hall–Kier alpha value is -2.89. The zero-order chi connectivity index (χ0) is 17.1. The lowest BCUT2D eigenvalue weighted by atomic mass is 10.0. The van der Waals surface area contributed by atoms with Gasteiger partial charge in [0.1, 0.15) is 12.0 Å². The summed E-state index contributed by atoms with van der Waals surface area (Å²) in [5, 5.41) is 0. The molecule has 6 nitrogen and oxygen atoms in total. The van der Waals surface area contributed by atoms with Gasteiger partial charge in [0.2, 0.25) is 5.91 Å². The third-order valence-corrected chi connectivity index (χ3v) is 4.07. The van der Waals surface area contributed by atoms with Crippen LogP contribution in [0.15, 0.2) is 47.7 Å². The number of aldehydes is 1. The molecule has 0 aromatic heterocycles. The normalized spacial score (nSPS) is 24.2. The molecule has 0 bridgehead atoms. The predicted molar refractivity (Wildman–Crippen MR) is 85.3 cm³/mol. The number of fused-ring (bicyclic) bond motifs is 1. The number of hydrogen-bond acceptors (Lipinski definition) is 5. The molecule has 2 saturated heterocycles. The predicted octanol–water partition coefficient (Wildman–Crippen LogP) is 1.67. The smallest absolute Gasteiger partial charge is 0.336 e. The van der Waals surface area contributed by atoms with E-state index in [9.17, 15) is 14.4 Å². The number of carbonyl (C=O) groups is 3. The van der Waals surface area contributed by atoms with Crippen LogP contribution in [0.25, 0.3) is 6.08 Å². The second-order valence-corrected chi connectivity index (χ2v) is 5.53. The van der Waals surface area contributed by atoms with Crippen molar-refractivity contribution in [3.8, 4) is 0 Å². The van der Waals surface area contributed by atoms with E-state index < -0.39 is 18.2 Å². The van der Waals surface area contributed by atoms with Gasteiger partial charge in [-0.2, -0.15) is 0 Å². The van der Waals surface area contributed by atoms with Crippen LogP contribution >= 0.6 is 0 Å². The Balaban J connectivity index is 1.83. The maximum Gasteiger partial charge on any atom is 0.336 e. The van der Waals surface area contributed by atoms with Crippen LogP contribution in [0.5, 0.6) is 0 Å². The van der Waals surface area contributed by atoms with Gasteiger partial charge in [0.05, 0.1) is 13.5 Å². The Morgan fingerprint density at radius 3 is 2.75 bits per heavy atom. The Labute approximate surface area is 139 Å². The highest BCUT2D eigenvalue weighted by Gasteiger charge is 2.54. The Kier molecular flexibility index (Phi) is 4.46. The maximum atomic E-state index is 12.0. The van der Waals surface area contributed by atoms with Crippen molar-refractivity contribution in [2.24, 2.45) is 0 Å². The average Bonchev–Trinajstić information content (AvgIpc) is 2.91. The van der Waals surface area contributed by atoms with Gasteiger partial charge in [-0.3, -0.25) is 14.5 Å². The molecule has 6 heteroatoms. The molecule has 2 atom stereocenters. The molecule has 2 aliphatic heterocycles. The average molecular weight is 327 g/mol. The summed E-state index contributed by atoms with van der Waals surface area (Å²) in [6, 6.07) is 8.68. The van der Waals surface area contributed by atoms with E-state index in [0.29, 0.717) is 18.3 Å². The number of allylic oxidation sites excluding steroid dienone is 2. The molecular formula is C18H17NO5. The van der Waals surface area contributed by atoms with Crippen molar-refractivity contribution < 1.29 is 23.9 Å². The molecule has 24 heavy (non-hydrogen) atoms. The fourth-order valence-electron chi connectivity index (χ4n) is 2.82. The fourth-order valence-corrected chi connectivity index (χ4v) is 2.82. The van der Waals surface area contributed by atoms with E-state index in [1.807, 2.05) is 42.5 Å². The SMILES string of the molecule is COC(=O)C1C(=C(C=O)CC=Cc2ccccc2)OC2CC(=O)N21. The van der Waals surface area contributed by atoms with Crippen molar-refractivity contribution in [3.05, 3.63) is 53.3 Å². The van der Waals surface area contributed by atoms with Crippen molar-refractivity contribution in [1.82, 2.24) is 4.90 Å². The lowest BCUT2D eigenvalue weighted by Crippen LogP contribution is -2.55. The topological polar surface area (TPSA) is 72.9 Å². The first-order chi connectivity index (χ1) is 11.7. The fraction of sp³-hybridized carbons (Fsp3) is 0.278. The van der Waals surface area contributed by atoms with Gasteiger partial charge in [-0.05, 0) is 12.0 Å². The number of β-lactam (4-membered cyclic amide) rings is 1. The number of rotatable bonds is 5. The molecule has 0 spiro atoms. The number of esters is 1. The number of carbonyl (C=O) groups excluding carboxylic acids is 3. The molecule has 3 rings (SSSR count). The highest BCUT2D eigenvalue weighted by Crippen LogP contribution is 2.38. The quantitative estimate of drug-likeness (QED) is 0.356. The van der Waals surface area contributed by atoms with Gasteiger partial charge in [0, 0.05) is 5.57 Å². The third kappa shape index (κ3) is 2.82. The number of hydrogen-bond donors (Lipinski definition) is 0. The Morgan fingerprint density at radius 2 is 2.12 bits per heavy atom. The van der Waals surface area contributed by atoms with Crippen LogP contribution in [0.2, 0.25) is 0 Å². The number of nitrogens with zero attached hydrogens (tertiary/aromatic N) is 1. The number of methoxy groups -OCH3 is 1. The van der Waals surface area contributed by atoms with Crippen molar-refractivity contribution >= 4 is 24.2 Å². The summed E-state index contributed by atoms with van der Waals surface area (Å²) in [6.07, 6.45) is 4.40. The Morgan fingerprint density at radius 1 is 1.38 bits per heavy atom. The summed E-state index contributed by atoms with van der Waals surface area (Å²) >= 11 is 0. The second kappa shape index (κ2) is 6.70. The van der Waals surface area contributed by atoms with Crippen molar-refractivity contribution in [2.75, 3.05) is 7.11 Å². The highest BCUT2D eigenvalue weighted by molar-refractivity contribution is 5.93. The van der Waals surface area contributed by atoms with Crippen molar-refractivity contribution in [2.45, 2.75) is 25.1 Å². The van der Waals surface area contributed by atoms with Gasteiger partial charge in [0.25, 0.3) is 0 Å². The summed E-state index contributed by atoms with van der Waals surface area (Å²) < 4.78 is 10.4. The standard InChI is InChI=1S/C18H17NO5/c1-23-18(22)16-17(24-15-10-14(21)19(15)16)13(11-20)9-5-8-12-6-3-2-4-7-12/h2-8,11,15-16H,9-10H2,1H3. The summed E-state index contributed by atoms with van der Waals surface area (Å²) in [6.45, 7) is 0.